The lowest BCUT2D eigenvalue weighted by atomic mass is 10.2. The van der Waals surface area contributed by atoms with Gasteiger partial charge in [-0.15, -0.1) is 0 Å². The molecule has 7 heteroatoms. The Balaban J connectivity index is 1.57. The number of carbonyl (C=O) groups is 2. The van der Waals surface area contributed by atoms with Crippen molar-refractivity contribution in [2.75, 3.05) is 19.8 Å². The van der Waals surface area contributed by atoms with Crippen LogP contribution < -0.4 is 15.6 Å². The highest BCUT2D eigenvalue weighted by molar-refractivity contribution is 5.95. The minimum Gasteiger partial charge on any atom is -0.494 e. The lowest BCUT2D eigenvalue weighted by molar-refractivity contribution is 0.0915. The number of carbonyl (C=O) groups excluding carboxylic acids is 2. The van der Waals surface area contributed by atoms with E-state index in [1.165, 1.54) is 0 Å². The van der Waals surface area contributed by atoms with E-state index in [9.17, 15) is 9.59 Å². The van der Waals surface area contributed by atoms with Gasteiger partial charge in [-0.1, -0.05) is 36.4 Å². The van der Waals surface area contributed by atoms with Gasteiger partial charge in [0.05, 0.1) is 19.8 Å². The zero-order valence-corrected chi connectivity index (χ0v) is 15.7. The smallest absolute Gasteiger partial charge is 0.426 e. The van der Waals surface area contributed by atoms with Crippen LogP contribution >= 0.6 is 0 Å². The van der Waals surface area contributed by atoms with Crippen molar-refractivity contribution < 1.29 is 23.8 Å². The number of hydrogen-bond acceptors (Lipinski definition) is 5. The van der Waals surface area contributed by atoms with Crippen LogP contribution in [0.3, 0.4) is 0 Å². The third kappa shape index (κ3) is 7.92. The molecule has 0 heterocycles. The molecule has 0 unspecified atom stereocenters. The Morgan fingerprint density at radius 2 is 1.64 bits per heavy atom. The maximum Gasteiger partial charge on any atom is 0.426 e. The summed E-state index contributed by atoms with van der Waals surface area (Å²) in [4.78, 5) is 23.5. The molecule has 28 heavy (non-hydrogen) atoms. The van der Waals surface area contributed by atoms with Gasteiger partial charge >= 0.3 is 6.09 Å². The highest BCUT2D eigenvalue weighted by atomic mass is 16.6. The molecule has 0 radical (unpaired) electrons. The third-order valence-electron chi connectivity index (χ3n) is 3.51. The van der Waals surface area contributed by atoms with Crippen molar-refractivity contribution in [2.45, 2.75) is 13.5 Å². The van der Waals surface area contributed by atoms with E-state index in [4.69, 9.17) is 14.2 Å². The van der Waals surface area contributed by atoms with Gasteiger partial charge in [0, 0.05) is 5.56 Å². The molecular weight excluding hydrogens is 360 g/mol. The number of benzene rings is 2. The molecule has 7 nitrogen and oxygen atoms in total. The van der Waals surface area contributed by atoms with E-state index in [1.54, 1.807) is 36.4 Å². The molecule has 2 aromatic rings. The number of hydrazine groups is 1. The average Bonchev–Trinajstić information content (AvgIpc) is 2.73. The summed E-state index contributed by atoms with van der Waals surface area (Å²) in [5.74, 6) is 0.218. The van der Waals surface area contributed by atoms with E-state index in [1.807, 2.05) is 37.3 Å². The molecule has 0 saturated heterocycles. The van der Waals surface area contributed by atoms with Crippen LogP contribution in [0.5, 0.6) is 5.75 Å². The average molecular weight is 384 g/mol. The van der Waals surface area contributed by atoms with Crippen molar-refractivity contribution in [1.29, 1.82) is 0 Å². The Bertz CT molecular complexity index is 760. The molecule has 0 saturated carbocycles. The quantitative estimate of drug-likeness (QED) is 0.394. The lowest BCUT2D eigenvalue weighted by Crippen LogP contribution is -2.41. The van der Waals surface area contributed by atoms with E-state index < -0.39 is 12.0 Å². The highest BCUT2D eigenvalue weighted by Crippen LogP contribution is 2.11. The zero-order chi connectivity index (χ0) is 20.0. The van der Waals surface area contributed by atoms with Gasteiger partial charge in [0.25, 0.3) is 5.91 Å². The van der Waals surface area contributed by atoms with Gasteiger partial charge in [-0.25, -0.2) is 10.2 Å². The summed E-state index contributed by atoms with van der Waals surface area (Å²) in [7, 11) is 0. The fourth-order valence-corrected chi connectivity index (χ4v) is 2.16. The molecule has 0 aliphatic rings. The van der Waals surface area contributed by atoms with Gasteiger partial charge < -0.3 is 14.2 Å². The van der Waals surface area contributed by atoms with Crippen LogP contribution in [0.25, 0.3) is 0 Å². The third-order valence-corrected chi connectivity index (χ3v) is 3.51. The minimum absolute atomic E-state index is 0.0689. The number of ether oxygens (including phenoxy) is 3. The number of nitrogens with one attached hydrogen (secondary N) is 2. The van der Waals surface area contributed by atoms with Gasteiger partial charge in [-0.2, -0.15) is 0 Å². The predicted octanol–water partition coefficient (Wildman–Crippen LogP) is 3.23. The van der Waals surface area contributed by atoms with Crippen molar-refractivity contribution in [1.82, 2.24) is 10.9 Å². The van der Waals surface area contributed by atoms with Crippen LogP contribution in [0.4, 0.5) is 4.79 Å². The van der Waals surface area contributed by atoms with Crippen LogP contribution in [0, 0.1) is 0 Å². The molecule has 0 aliphatic carbocycles. The summed E-state index contributed by atoms with van der Waals surface area (Å²) in [5.41, 5.74) is 5.94. The number of hydrogen-bond donors (Lipinski definition) is 2. The summed E-state index contributed by atoms with van der Waals surface area (Å²) in [6.07, 6.45) is 2.67. The van der Waals surface area contributed by atoms with E-state index in [2.05, 4.69) is 10.9 Å². The monoisotopic (exact) mass is 384 g/mol. The van der Waals surface area contributed by atoms with E-state index >= 15 is 0 Å². The SMILES string of the molecule is CCOc1ccc(C(=O)NNC(=O)OCC=CCOCc2ccccc2)cc1. The second kappa shape index (κ2) is 12.1. The number of amides is 2. The Hall–Kier alpha value is -3.32. The Labute approximate surface area is 164 Å². The summed E-state index contributed by atoms with van der Waals surface area (Å²) in [5, 5.41) is 0. The van der Waals surface area contributed by atoms with Crippen molar-refractivity contribution in [2.24, 2.45) is 0 Å². The summed E-state index contributed by atoms with van der Waals surface area (Å²) in [6, 6.07) is 16.4. The molecular formula is C21H24N2O5. The van der Waals surface area contributed by atoms with E-state index in [0.717, 1.165) is 5.56 Å². The van der Waals surface area contributed by atoms with Crippen molar-refractivity contribution in [3.05, 3.63) is 77.9 Å². The second-order valence-corrected chi connectivity index (χ2v) is 5.61. The molecule has 0 atom stereocenters. The summed E-state index contributed by atoms with van der Waals surface area (Å²) >= 11 is 0. The fourth-order valence-electron chi connectivity index (χ4n) is 2.16. The Morgan fingerprint density at radius 3 is 2.36 bits per heavy atom. The first-order valence-electron chi connectivity index (χ1n) is 8.91. The molecule has 0 aromatic heterocycles. The van der Waals surface area contributed by atoms with Crippen molar-refractivity contribution >= 4 is 12.0 Å². The molecule has 2 N–H and O–H groups in total. The summed E-state index contributed by atoms with van der Waals surface area (Å²) < 4.78 is 15.7. The van der Waals surface area contributed by atoms with Gasteiger partial charge in [-0.3, -0.25) is 10.2 Å². The fraction of sp³-hybridized carbons (Fsp3) is 0.238. The molecule has 2 aromatic carbocycles. The Morgan fingerprint density at radius 1 is 0.929 bits per heavy atom. The second-order valence-electron chi connectivity index (χ2n) is 5.61. The normalized spacial score (nSPS) is 10.5. The molecule has 2 rings (SSSR count). The van der Waals surface area contributed by atoms with Crippen molar-refractivity contribution in [3.63, 3.8) is 0 Å². The van der Waals surface area contributed by atoms with E-state index in [0.29, 0.717) is 31.1 Å². The topological polar surface area (TPSA) is 85.9 Å². The molecule has 0 aliphatic heterocycles. The van der Waals surface area contributed by atoms with Crippen LogP contribution in [0.2, 0.25) is 0 Å². The standard InChI is InChI=1S/C21H24N2O5/c1-2-27-19-12-10-18(11-13-19)20(24)22-23-21(25)28-15-7-6-14-26-16-17-8-4-3-5-9-17/h3-13H,2,14-16H2,1H3,(H,22,24)(H,23,25). The van der Waals surface area contributed by atoms with Crippen LogP contribution in [0.1, 0.15) is 22.8 Å². The Kier molecular flexibility index (Phi) is 9.10. The van der Waals surface area contributed by atoms with Gasteiger partial charge in [0.15, 0.2) is 0 Å². The zero-order valence-electron chi connectivity index (χ0n) is 15.7. The molecule has 0 fully saturated rings. The van der Waals surface area contributed by atoms with Crippen LogP contribution in [-0.2, 0) is 16.1 Å². The molecule has 0 spiro atoms. The maximum absolute atomic E-state index is 11.9. The summed E-state index contributed by atoms with van der Waals surface area (Å²) in [6.45, 7) is 3.42. The molecule has 2 amide bonds. The van der Waals surface area contributed by atoms with Gasteiger partial charge in [-0.05, 0) is 42.8 Å². The minimum atomic E-state index is -0.755. The van der Waals surface area contributed by atoms with Crippen molar-refractivity contribution in [3.8, 4) is 5.75 Å². The largest absolute Gasteiger partial charge is 0.494 e. The predicted molar refractivity (Wildman–Crippen MR) is 105 cm³/mol. The first-order valence-corrected chi connectivity index (χ1v) is 8.91. The van der Waals surface area contributed by atoms with Crippen LogP contribution in [-0.4, -0.2) is 31.8 Å². The van der Waals surface area contributed by atoms with E-state index in [-0.39, 0.29) is 6.61 Å². The number of rotatable bonds is 9. The first kappa shape index (κ1) is 21.0. The first-order chi connectivity index (χ1) is 13.7. The van der Waals surface area contributed by atoms with Gasteiger partial charge in [0.1, 0.15) is 12.4 Å². The molecule has 148 valence electrons. The van der Waals surface area contributed by atoms with Crippen LogP contribution in [0.15, 0.2) is 66.7 Å². The molecule has 0 bridgehead atoms. The lowest BCUT2D eigenvalue weighted by Gasteiger charge is -2.08. The maximum atomic E-state index is 11.9. The highest BCUT2D eigenvalue weighted by Gasteiger charge is 2.07. The van der Waals surface area contributed by atoms with Gasteiger partial charge in [0.2, 0.25) is 0 Å².